The molecule has 0 heterocycles. The van der Waals surface area contributed by atoms with Crippen molar-refractivity contribution in [3.8, 4) is 0 Å². The molecule has 0 saturated heterocycles. The minimum atomic E-state index is -0.464. The van der Waals surface area contributed by atoms with E-state index >= 15 is 0 Å². The SMILES string of the molecule is CCc1cccc(C)c1NC(=O)C=Cc1ccccc1[N+](=O)[O-]. The number of rotatable bonds is 5. The number of amides is 1. The van der Waals surface area contributed by atoms with E-state index in [1.807, 2.05) is 32.0 Å². The first kappa shape index (κ1) is 16.4. The molecule has 0 unspecified atom stereocenters. The second kappa shape index (κ2) is 7.35. The Labute approximate surface area is 134 Å². The summed E-state index contributed by atoms with van der Waals surface area (Å²) in [5.41, 5.74) is 3.20. The monoisotopic (exact) mass is 310 g/mol. The van der Waals surface area contributed by atoms with Crippen molar-refractivity contribution in [1.29, 1.82) is 0 Å². The molecule has 0 spiro atoms. The maximum atomic E-state index is 12.1. The molecule has 2 aromatic carbocycles. The Morgan fingerprint density at radius 1 is 1.22 bits per heavy atom. The van der Waals surface area contributed by atoms with Gasteiger partial charge in [0.05, 0.1) is 10.5 Å². The van der Waals surface area contributed by atoms with Crippen LogP contribution in [-0.4, -0.2) is 10.8 Å². The quantitative estimate of drug-likeness (QED) is 0.513. The fourth-order valence-electron chi connectivity index (χ4n) is 2.33. The molecule has 23 heavy (non-hydrogen) atoms. The molecular formula is C18H18N2O3. The van der Waals surface area contributed by atoms with Crippen LogP contribution in [0.15, 0.2) is 48.5 Å². The molecule has 0 aliphatic heterocycles. The van der Waals surface area contributed by atoms with Crippen molar-refractivity contribution in [3.63, 3.8) is 0 Å². The molecule has 0 aliphatic rings. The zero-order valence-corrected chi connectivity index (χ0v) is 13.1. The number of carbonyl (C=O) groups is 1. The summed E-state index contributed by atoms with van der Waals surface area (Å²) in [7, 11) is 0. The van der Waals surface area contributed by atoms with Crippen LogP contribution in [0.4, 0.5) is 11.4 Å². The van der Waals surface area contributed by atoms with E-state index in [9.17, 15) is 14.9 Å². The van der Waals surface area contributed by atoms with E-state index in [4.69, 9.17) is 0 Å². The van der Waals surface area contributed by atoms with Gasteiger partial charge in [-0.3, -0.25) is 14.9 Å². The van der Waals surface area contributed by atoms with Gasteiger partial charge < -0.3 is 5.32 Å². The van der Waals surface area contributed by atoms with E-state index < -0.39 is 4.92 Å². The Hall–Kier alpha value is -2.95. The standard InChI is InChI=1S/C18H18N2O3/c1-3-14-9-6-7-13(2)18(14)19-17(21)12-11-15-8-4-5-10-16(15)20(22)23/h4-12H,3H2,1-2H3,(H,19,21). The molecule has 1 amide bonds. The summed E-state index contributed by atoms with van der Waals surface area (Å²) in [5.74, 6) is -0.313. The van der Waals surface area contributed by atoms with Crippen molar-refractivity contribution in [2.45, 2.75) is 20.3 Å². The lowest BCUT2D eigenvalue weighted by atomic mass is 10.1. The fourth-order valence-corrected chi connectivity index (χ4v) is 2.33. The first-order valence-corrected chi connectivity index (χ1v) is 7.34. The highest BCUT2D eigenvalue weighted by atomic mass is 16.6. The van der Waals surface area contributed by atoms with Crippen LogP contribution >= 0.6 is 0 Å². The van der Waals surface area contributed by atoms with Crippen molar-refractivity contribution >= 4 is 23.4 Å². The molecule has 5 heteroatoms. The molecule has 0 aliphatic carbocycles. The van der Waals surface area contributed by atoms with Gasteiger partial charge in [-0.2, -0.15) is 0 Å². The second-order valence-electron chi connectivity index (χ2n) is 5.10. The van der Waals surface area contributed by atoms with Crippen molar-refractivity contribution < 1.29 is 9.72 Å². The number of anilines is 1. The van der Waals surface area contributed by atoms with Crippen LogP contribution in [0.2, 0.25) is 0 Å². The van der Waals surface area contributed by atoms with E-state index in [1.165, 1.54) is 18.2 Å². The van der Waals surface area contributed by atoms with Gasteiger partial charge in [-0.05, 0) is 36.6 Å². The van der Waals surface area contributed by atoms with E-state index in [-0.39, 0.29) is 11.6 Å². The van der Waals surface area contributed by atoms with Gasteiger partial charge in [-0.1, -0.05) is 37.3 Å². The van der Waals surface area contributed by atoms with E-state index in [1.54, 1.807) is 18.2 Å². The van der Waals surface area contributed by atoms with Crippen LogP contribution in [0.5, 0.6) is 0 Å². The van der Waals surface area contributed by atoms with E-state index in [0.717, 1.165) is 23.2 Å². The molecule has 0 aromatic heterocycles. The zero-order chi connectivity index (χ0) is 16.8. The van der Waals surface area contributed by atoms with Gasteiger partial charge in [0, 0.05) is 17.8 Å². The molecule has 0 saturated carbocycles. The van der Waals surface area contributed by atoms with Crippen molar-refractivity contribution in [2.24, 2.45) is 0 Å². The van der Waals surface area contributed by atoms with Crippen molar-refractivity contribution in [1.82, 2.24) is 0 Å². The summed E-state index contributed by atoms with van der Waals surface area (Å²) in [5, 5.41) is 13.8. The topological polar surface area (TPSA) is 72.2 Å². The smallest absolute Gasteiger partial charge is 0.276 e. The fraction of sp³-hybridized carbons (Fsp3) is 0.167. The summed E-state index contributed by atoms with van der Waals surface area (Å²) in [4.78, 5) is 22.6. The van der Waals surface area contributed by atoms with E-state index in [0.29, 0.717) is 5.56 Å². The molecule has 1 N–H and O–H groups in total. The predicted octanol–water partition coefficient (Wildman–Crippen LogP) is 4.12. The summed E-state index contributed by atoms with van der Waals surface area (Å²) in [6.45, 7) is 3.95. The number of nitrogens with one attached hydrogen (secondary N) is 1. The van der Waals surface area contributed by atoms with Crippen LogP contribution in [0.25, 0.3) is 6.08 Å². The Bertz CT molecular complexity index is 767. The van der Waals surface area contributed by atoms with Gasteiger partial charge in [0.15, 0.2) is 0 Å². The first-order chi connectivity index (χ1) is 11.0. The van der Waals surface area contributed by atoms with E-state index in [2.05, 4.69) is 5.32 Å². The third-order valence-corrected chi connectivity index (χ3v) is 3.54. The molecule has 0 radical (unpaired) electrons. The van der Waals surface area contributed by atoms with Gasteiger partial charge in [-0.15, -0.1) is 0 Å². The Balaban J connectivity index is 2.19. The maximum Gasteiger partial charge on any atom is 0.276 e. The van der Waals surface area contributed by atoms with Crippen molar-refractivity contribution in [2.75, 3.05) is 5.32 Å². The average Bonchev–Trinajstić information content (AvgIpc) is 2.55. The lowest BCUT2D eigenvalue weighted by molar-refractivity contribution is -0.385. The zero-order valence-electron chi connectivity index (χ0n) is 13.1. The summed E-state index contributed by atoms with van der Waals surface area (Å²) in [6.07, 6.45) is 3.58. The minimum absolute atomic E-state index is 0.0262. The number of nitro benzene ring substituents is 1. The van der Waals surface area contributed by atoms with Gasteiger partial charge in [0.25, 0.3) is 5.69 Å². The van der Waals surface area contributed by atoms with Crippen LogP contribution in [-0.2, 0) is 11.2 Å². The Morgan fingerprint density at radius 3 is 2.65 bits per heavy atom. The molecule has 5 nitrogen and oxygen atoms in total. The molecule has 0 atom stereocenters. The molecule has 0 bridgehead atoms. The number of benzene rings is 2. The van der Waals surface area contributed by atoms with Gasteiger partial charge in [-0.25, -0.2) is 0 Å². The number of hydrogen-bond donors (Lipinski definition) is 1. The molecule has 2 aromatic rings. The number of aryl methyl sites for hydroxylation is 2. The highest BCUT2D eigenvalue weighted by molar-refractivity contribution is 6.03. The van der Waals surface area contributed by atoms with Crippen LogP contribution in [0.3, 0.4) is 0 Å². The second-order valence-corrected chi connectivity index (χ2v) is 5.10. The van der Waals surface area contributed by atoms with Crippen molar-refractivity contribution in [3.05, 3.63) is 75.3 Å². The van der Waals surface area contributed by atoms with Crippen LogP contribution < -0.4 is 5.32 Å². The normalized spacial score (nSPS) is 10.7. The Kier molecular flexibility index (Phi) is 5.25. The van der Waals surface area contributed by atoms with Gasteiger partial charge >= 0.3 is 0 Å². The average molecular weight is 310 g/mol. The summed E-state index contributed by atoms with van der Waals surface area (Å²) >= 11 is 0. The lowest BCUT2D eigenvalue weighted by Gasteiger charge is -2.11. The number of nitro groups is 1. The molecule has 0 fully saturated rings. The number of hydrogen-bond acceptors (Lipinski definition) is 3. The van der Waals surface area contributed by atoms with Crippen LogP contribution in [0, 0.1) is 17.0 Å². The maximum absolute atomic E-state index is 12.1. The van der Waals surface area contributed by atoms with Crippen LogP contribution in [0.1, 0.15) is 23.6 Å². The van der Waals surface area contributed by atoms with Gasteiger partial charge in [0.1, 0.15) is 0 Å². The summed E-state index contributed by atoms with van der Waals surface area (Å²) in [6, 6.07) is 12.2. The van der Waals surface area contributed by atoms with Gasteiger partial charge in [0.2, 0.25) is 5.91 Å². The number of nitrogens with zero attached hydrogens (tertiary/aromatic N) is 1. The number of para-hydroxylation sites is 2. The lowest BCUT2D eigenvalue weighted by Crippen LogP contribution is -2.11. The largest absolute Gasteiger partial charge is 0.322 e. The summed E-state index contributed by atoms with van der Waals surface area (Å²) < 4.78 is 0. The highest BCUT2D eigenvalue weighted by Crippen LogP contribution is 2.22. The molecule has 118 valence electrons. The third kappa shape index (κ3) is 4.03. The number of carbonyl (C=O) groups excluding carboxylic acids is 1. The minimum Gasteiger partial charge on any atom is -0.322 e. The molecular weight excluding hydrogens is 292 g/mol. The predicted molar refractivity (Wildman–Crippen MR) is 91.3 cm³/mol. The third-order valence-electron chi connectivity index (χ3n) is 3.54. The Morgan fingerprint density at radius 2 is 1.96 bits per heavy atom. The molecule has 2 rings (SSSR count). The first-order valence-electron chi connectivity index (χ1n) is 7.34. The highest BCUT2D eigenvalue weighted by Gasteiger charge is 2.10.